The first kappa shape index (κ1) is 10.3. The van der Waals surface area contributed by atoms with Gasteiger partial charge in [-0.05, 0) is 37.1 Å². The zero-order valence-corrected chi connectivity index (χ0v) is 9.33. The second kappa shape index (κ2) is 5.04. The topological polar surface area (TPSA) is 39.9 Å². The third-order valence-electron chi connectivity index (χ3n) is 2.62. The molecule has 2 heterocycles. The van der Waals surface area contributed by atoms with Crippen molar-refractivity contribution < 1.29 is 0 Å². The number of hydrogen-bond donors (Lipinski definition) is 0. The molecule has 0 unspecified atom stereocenters. The third-order valence-corrected chi connectivity index (χ3v) is 3.24. The van der Waals surface area contributed by atoms with Crippen molar-refractivity contribution in [1.82, 2.24) is 4.98 Å². The normalized spacial score (nSPS) is 16.1. The molecular weight excluding hydrogens is 206 g/mol. The summed E-state index contributed by atoms with van der Waals surface area (Å²) < 4.78 is 0. The van der Waals surface area contributed by atoms with E-state index in [-0.39, 0.29) is 0 Å². The SMILES string of the molecule is N#CSc1cnccc1N1CCCCC1. The molecular formula is C11H13N3S. The molecule has 1 saturated heterocycles. The maximum Gasteiger partial charge on any atom is 0.138 e. The van der Waals surface area contributed by atoms with E-state index in [0.717, 1.165) is 23.7 Å². The van der Waals surface area contributed by atoms with E-state index in [1.807, 2.05) is 6.07 Å². The Bertz CT molecular complexity index is 366. The van der Waals surface area contributed by atoms with Crippen molar-refractivity contribution in [2.45, 2.75) is 24.2 Å². The molecule has 1 fully saturated rings. The highest BCUT2D eigenvalue weighted by Gasteiger charge is 2.14. The lowest BCUT2D eigenvalue weighted by Crippen LogP contribution is -2.29. The van der Waals surface area contributed by atoms with Gasteiger partial charge in [0.05, 0.1) is 10.6 Å². The molecule has 1 aromatic heterocycles. The Hall–Kier alpha value is -1.21. The molecule has 4 heteroatoms. The summed E-state index contributed by atoms with van der Waals surface area (Å²) in [6.07, 6.45) is 7.39. The van der Waals surface area contributed by atoms with E-state index in [1.54, 1.807) is 12.4 Å². The van der Waals surface area contributed by atoms with Crippen molar-refractivity contribution >= 4 is 17.4 Å². The highest BCUT2D eigenvalue weighted by Crippen LogP contribution is 2.30. The molecule has 1 aromatic rings. The lowest BCUT2D eigenvalue weighted by atomic mass is 10.1. The average Bonchev–Trinajstić information content (AvgIpc) is 2.31. The van der Waals surface area contributed by atoms with Crippen LogP contribution in [-0.4, -0.2) is 18.1 Å². The zero-order chi connectivity index (χ0) is 10.5. The van der Waals surface area contributed by atoms with Crippen molar-refractivity contribution in [2.24, 2.45) is 0 Å². The van der Waals surface area contributed by atoms with E-state index in [2.05, 4.69) is 15.3 Å². The van der Waals surface area contributed by atoms with Crippen molar-refractivity contribution in [1.29, 1.82) is 5.26 Å². The molecule has 3 nitrogen and oxygen atoms in total. The van der Waals surface area contributed by atoms with Gasteiger partial charge in [-0.15, -0.1) is 0 Å². The van der Waals surface area contributed by atoms with Crippen LogP contribution in [0, 0.1) is 10.7 Å². The minimum Gasteiger partial charge on any atom is -0.371 e. The summed E-state index contributed by atoms with van der Waals surface area (Å²) >= 11 is 1.20. The molecule has 2 rings (SSSR count). The summed E-state index contributed by atoms with van der Waals surface area (Å²) in [6, 6.07) is 2.00. The maximum atomic E-state index is 8.71. The molecule has 1 aliphatic rings. The van der Waals surface area contributed by atoms with Crippen molar-refractivity contribution in [3.8, 4) is 5.40 Å². The highest BCUT2D eigenvalue weighted by atomic mass is 32.2. The summed E-state index contributed by atoms with van der Waals surface area (Å²) in [5.74, 6) is 0. The van der Waals surface area contributed by atoms with Gasteiger partial charge in [0, 0.05) is 25.5 Å². The van der Waals surface area contributed by atoms with E-state index < -0.39 is 0 Å². The first-order valence-corrected chi connectivity index (χ1v) is 5.98. The fourth-order valence-corrected chi connectivity index (χ4v) is 2.41. The summed E-state index contributed by atoms with van der Waals surface area (Å²) in [4.78, 5) is 7.39. The molecule has 0 saturated carbocycles. The van der Waals surface area contributed by atoms with Crippen molar-refractivity contribution in [3.05, 3.63) is 18.5 Å². The van der Waals surface area contributed by atoms with Crippen LogP contribution in [0.5, 0.6) is 0 Å². The number of rotatable bonds is 2. The molecule has 0 spiro atoms. The second-order valence-corrected chi connectivity index (χ2v) is 4.41. The third kappa shape index (κ3) is 2.42. The minimum absolute atomic E-state index is 0.974. The van der Waals surface area contributed by atoms with Crippen LogP contribution in [-0.2, 0) is 0 Å². The Labute approximate surface area is 94.1 Å². The lowest BCUT2D eigenvalue weighted by Gasteiger charge is -2.29. The van der Waals surface area contributed by atoms with E-state index in [4.69, 9.17) is 5.26 Å². The van der Waals surface area contributed by atoms with Gasteiger partial charge in [-0.2, -0.15) is 5.26 Å². The molecule has 0 aliphatic carbocycles. The monoisotopic (exact) mass is 219 g/mol. The number of thioether (sulfide) groups is 1. The van der Waals surface area contributed by atoms with E-state index in [0.29, 0.717) is 0 Å². The van der Waals surface area contributed by atoms with Gasteiger partial charge in [0.25, 0.3) is 0 Å². The van der Waals surface area contributed by atoms with Crippen LogP contribution >= 0.6 is 11.8 Å². The van der Waals surface area contributed by atoms with Gasteiger partial charge in [0.2, 0.25) is 0 Å². The lowest BCUT2D eigenvalue weighted by molar-refractivity contribution is 0.575. The van der Waals surface area contributed by atoms with Gasteiger partial charge in [-0.3, -0.25) is 4.98 Å². The fourth-order valence-electron chi connectivity index (χ4n) is 1.90. The molecule has 78 valence electrons. The van der Waals surface area contributed by atoms with Crippen molar-refractivity contribution in [2.75, 3.05) is 18.0 Å². The van der Waals surface area contributed by atoms with Gasteiger partial charge in [0.15, 0.2) is 0 Å². The number of anilines is 1. The first-order valence-electron chi connectivity index (χ1n) is 5.16. The van der Waals surface area contributed by atoms with Crippen LogP contribution < -0.4 is 4.90 Å². The molecule has 0 amide bonds. The van der Waals surface area contributed by atoms with Crippen LogP contribution in [0.3, 0.4) is 0 Å². The molecule has 0 radical (unpaired) electrons. The molecule has 0 bridgehead atoms. The summed E-state index contributed by atoms with van der Waals surface area (Å²) in [5, 5.41) is 10.8. The largest absolute Gasteiger partial charge is 0.371 e. The second-order valence-electron chi connectivity index (χ2n) is 3.58. The van der Waals surface area contributed by atoms with Crippen molar-refractivity contribution in [3.63, 3.8) is 0 Å². The zero-order valence-electron chi connectivity index (χ0n) is 8.52. The molecule has 0 atom stereocenters. The number of piperidine rings is 1. The molecule has 1 aliphatic heterocycles. The summed E-state index contributed by atoms with van der Waals surface area (Å²) in [6.45, 7) is 2.20. The summed E-state index contributed by atoms with van der Waals surface area (Å²) in [5.41, 5.74) is 1.16. The Balaban J connectivity index is 2.21. The Morgan fingerprint density at radius 2 is 2.13 bits per heavy atom. The standard InChI is InChI=1S/C11H13N3S/c12-9-15-11-8-13-5-4-10(11)14-6-2-1-3-7-14/h4-5,8H,1-3,6-7H2. The van der Waals surface area contributed by atoms with Gasteiger partial charge < -0.3 is 4.90 Å². The number of nitriles is 1. The molecule has 15 heavy (non-hydrogen) atoms. The number of nitrogens with zero attached hydrogens (tertiary/aromatic N) is 3. The first-order chi connectivity index (χ1) is 7.42. The predicted octanol–water partition coefficient (Wildman–Crippen LogP) is 2.65. The maximum absolute atomic E-state index is 8.71. The predicted molar refractivity (Wildman–Crippen MR) is 61.8 cm³/mol. The number of pyridine rings is 1. The van der Waals surface area contributed by atoms with E-state index >= 15 is 0 Å². The Kier molecular flexibility index (Phi) is 3.46. The van der Waals surface area contributed by atoms with E-state index in [9.17, 15) is 0 Å². The number of hydrogen-bond acceptors (Lipinski definition) is 4. The fraction of sp³-hybridized carbons (Fsp3) is 0.455. The Morgan fingerprint density at radius 1 is 1.33 bits per heavy atom. The van der Waals surface area contributed by atoms with Crippen LogP contribution in [0.4, 0.5) is 5.69 Å². The van der Waals surface area contributed by atoms with Gasteiger partial charge >= 0.3 is 0 Å². The van der Waals surface area contributed by atoms with Gasteiger partial charge in [-0.1, -0.05) is 0 Å². The number of aromatic nitrogens is 1. The van der Waals surface area contributed by atoms with E-state index in [1.165, 1.54) is 31.0 Å². The molecule has 0 aromatic carbocycles. The van der Waals surface area contributed by atoms with Crippen LogP contribution in [0.15, 0.2) is 23.4 Å². The Morgan fingerprint density at radius 3 is 2.87 bits per heavy atom. The summed E-state index contributed by atoms with van der Waals surface area (Å²) in [7, 11) is 0. The number of thiocyanates is 1. The van der Waals surface area contributed by atoms with Gasteiger partial charge in [0.1, 0.15) is 5.40 Å². The quantitative estimate of drug-likeness (QED) is 0.566. The van der Waals surface area contributed by atoms with Crippen LogP contribution in [0.2, 0.25) is 0 Å². The molecule has 0 N–H and O–H groups in total. The smallest absolute Gasteiger partial charge is 0.138 e. The average molecular weight is 219 g/mol. The van der Waals surface area contributed by atoms with Gasteiger partial charge in [-0.25, -0.2) is 0 Å². The van der Waals surface area contributed by atoms with Crippen LogP contribution in [0.1, 0.15) is 19.3 Å². The highest BCUT2D eigenvalue weighted by molar-refractivity contribution is 8.03. The van der Waals surface area contributed by atoms with Crippen LogP contribution in [0.25, 0.3) is 0 Å². The minimum atomic E-state index is 0.974.